The van der Waals surface area contributed by atoms with Crippen LogP contribution in [0.1, 0.15) is 35.5 Å². The Bertz CT molecular complexity index is 1200. The smallest absolute Gasteiger partial charge is 0.419 e. The first-order chi connectivity index (χ1) is 15.6. The van der Waals surface area contributed by atoms with Crippen molar-refractivity contribution in [3.63, 3.8) is 0 Å². The Morgan fingerprint density at radius 1 is 1.03 bits per heavy atom. The average Bonchev–Trinajstić information content (AvgIpc) is 3.18. The van der Waals surface area contributed by atoms with Gasteiger partial charge in [-0.25, -0.2) is 14.2 Å². The van der Waals surface area contributed by atoms with Gasteiger partial charge >= 0.3 is 25.3 Å². The molecule has 0 spiro atoms. The lowest BCUT2D eigenvalue weighted by molar-refractivity contribution is 0.0362. The maximum Gasteiger partial charge on any atom is 0.419 e. The molecule has 3 aromatic rings. The quantitative estimate of drug-likeness (QED) is 0.383. The molecule has 0 fully saturated rings. The largest absolute Gasteiger partial charge is 0.477 e. The topological polar surface area (TPSA) is 104 Å². The fraction of sp³-hybridized carbons (Fsp3) is 0.273. The van der Waals surface area contributed by atoms with E-state index in [1.54, 1.807) is 30.3 Å². The van der Waals surface area contributed by atoms with Gasteiger partial charge in [0.1, 0.15) is 12.3 Å². The van der Waals surface area contributed by atoms with Gasteiger partial charge in [0.05, 0.1) is 18.7 Å². The summed E-state index contributed by atoms with van der Waals surface area (Å²) in [7, 11) is -4.86. The number of halogens is 2. The normalized spacial score (nSPS) is 12.1. The Morgan fingerprint density at radius 3 is 2.24 bits per heavy atom. The number of fused-ring (bicyclic) bond motifs is 1. The van der Waals surface area contributed by atoms with E-state index in [4.69, 9.17) is 13.8 Å². The highest BCUT2D eigenvalue weighted by Gasteiger charge is 2.54. The number of benzene rings is 2. The van der Waals surface area contributed by atoms with E-state index in [1.807, 2.05) is 0 Å². The number of rotatable bonds is 9. The number of hydrogen-bond acceptors (Lipinski definition) is 6. The highest BCUT2D eigenvalue weighted by molar-refractivity contribution is 7.54. The first kappa shape index (κ1) is 24.6. The van der Waals surface area contributed by atoms with Crippen LogP contribution in [0.3, 0.4) is 0 Å². The van der Waals surface area contributed by atoms with Crippen molar-refractivity contribution in [3.8, 4) is 0 Å². The Balaban J connectivity index is 2.02. The van der Waals surface area contributed by atoms with Gasteiger partial charge in [0.15, 0.2) is 0 Å². The van der Waals surface area contributed by atoms with E-state index < -0.39 is 36.6 Å². The van der Waals surface area contributed by atoms with Crippen LogP contribution in [0.25, 0.3) is 10.9 Å². The fourth-order valence-electron chi connectivity index (χ4n) is 3.24. The summed E-state index contributed by atoms with van der Waals surface area (Å²) in [5.41, 5.74) is -4.46. The third kappa shape index (κ3) is 4.83. The minimum absolute atomic E-state index is 0.0146. The molecule has 1 heterocycles. The number of carbonyl (C=O) groups excluding carboxylic acids is 1. The van der Waals surface area contributed by atoms with E-state index in [1.165, 1.54) is 13.8 Å². The van der Waals surface area contributed by atoms with Gasteiger partial charge in [0.2, 0.25) is 0 Å². The van der Waals surface area contributed by atoms with Crippen molar-refractivity contribution in [2.45, 2.75) is 26.1 Å². The molecule has 176 valence electrons. The first-order valence-electron chi connectivity index (χ1n) is 10.0. The van der Waals surface area contributed by atoms with Crippen LogP contribution in [0.15, 0.2) is 54.6 Å². The predicted molar refractivity (Wildman–Crippen MR) is 116 cm³/mol. The lowest BCUT2D eigenvalue weighted by Crippen LogP contribution is -2.19. The third-order valence-corrected chi connectivity index (χ3v) is 6.84. The lowest BCUT2D eigenvalue weighted by atomic mass is 10.1. The number of aromatic carboxylic acids is 1. The second-order valence-corrected chi connectivity index (χ2v) is 8.93. The van der Waals surface area contributed by atoms with Crippen molar-refractivity contribution in [1.82, 2.24) is 4.57 Å². The van der Waals surface area contributed by atoms with Crippen molar-refractivity contribution in [2.24, 2.45) is 0 Å². The molecule has 0 saturated heterocycles. The summed E-state index contributed by atoms with van der Waals surface area (Å²) in [6.07, 6.45) is -0.986. The van der Waals surface area contributed by atoms with E-state index in [2.05, 4.69) is 0 Å². The van der Waals surface area contributed by atoms with Crippen LogP contribution in [0.5, 0.6) is 0 Å². The maximum atomic E-state index is 15.1. The van der Waals surface area contributed by atoms with Crippen molar-refractivity contribution in [1.29, 1.82) is 0 Å². The predicted octanol–water partition coefficient (Wildman–Crippen LogP) is 5.84. The second-order valence-electron chi connectivity index (χ2n) is 6.86. The van der Waals surface area contributed by atoms with Gasteiger partial charge in [0.25, 0.3) is 0 Å². The molecule has 1 aromatic heterocycles. The van der Waals surface area contributed by atoms with Crippen molar-refractivity contribution >= 4 is 30.6 Å². The summed E-state index contributed by atoms with van der Waals surface area (Å²) >= 11 is 0. The molecule has 0 radical (unpaired) electrons. The number of carboxylic acid groups (broad SMARTS) is 1. The number of aromatic nitrogens is 1. The molecule has 0 unspecified atom stereocenters. The molecule has 0 saturated carbocycles. The minimum Gasteiger partial charge on any atom is -0.477 e. The van der Waals surface area contributed by atoms with Gasteiger partial charge in [-0.05, 0) is 37.6 Å². The summed E-state index contributed by atoms with van der Waals surface area (Å²) in [6, 6.07) is 12.8. The number of ether oxygens (including phenoxy) is 1. The maximum absolute atomic E-state index is 15.1. The van der Waals surface area contributed by atoms with Gasteiger partial charge in [-0.3, -0.25) is 4.57 Å². The molecule has 0 bridgehead atoms. The summed E-state index contributed by atoms with van der Waals surface area (Å²) < 4.78 is 58.5. The molecule has 0 aliphatic heterocycles. The van der Waals surface area contributed by atoms with Gasteiger partial charge in [-0.15, -0.1) is 0 Å². The van der Waals surface area contributed by atoms with E-state index >= 15 is 8.78 Å². The van der Waals surface area contributed by atoms with Crippen LogP contribution in [0.4, 0.5) is 13.6 Å². The van der Waals surface area contributed by atoms with Crippen LogP contribution < -0.4 is 0 Å². The van der Waals surface area contributed by atoms with E-state index in [0.29, 0.717) is 5.56 Å². The van der Waals surface area contributed by atoms with Crippen molar-refractivity contribution in [3.05, 3.63) is 71.4 Å². The van der Waals surface area contributed by atoms with Crippen LogP contribution in [-0.2, 0) is 30.6 Å². The van der Waals surface area contributed by atoms with Crippen LogP contribution in [-0.4, -0.2) is 34.9 Å². The van der Waals surface area contributed by atoms with Crippen LogP contribution in [0.2, 0.25) is 0 Å². The molecule has 0 amide bonds. The lowest BCUT2D eigenvalue weighted by Gasteiger charge is -2.26. The van der Waals surface area contributed by atoms with Gasteiger partial charge < -0.3 is 18.9 Å². The van der Waals surface area contributed by atoms with Crippen LogP contribution >= 0.6 is 7.60 Å². The van der Waals surface area contributed by atoms with Gasteiger partial charge in [0, 0.05) is 10.9 Å². The van der Waals surface area contributed by atoms with E-state index in [0.717, 1.165) is 28.8 Å². The van der Waals surface area contributed by atoms with Gasteiger partial charge in [-0.2, -0.15) is 8.78 Å². The summed E-state index contributed by atoms with van der Waals surface area (Å²) in [5, 5.41) is 9.55. The number of nitrogens with zero attached hydrogens (tertiary/aromatic N) is 1. The molecule has 0 aliphatic carbocycles. The second kappa shape index (κ2) is 9.82. The number of carboxylic acids is 1. The standard InChI is InChI=1S/C22H22F2NO7P/c1-3-31-33(29,32-4-2)22(23,24)17-10-11-18-16(12-17)13-19(20(26)27)25(18)21(28)30-14-15-8-6-5-7-9-15/h5-13H,3-4,14H2,1-2H3,(H,26,27). The monoisotopic (exact) mass is 481 g/mol. The first-order valence-corrected chi connectivity index (χ1v) is 11.6. The molecule has 2 aromatic carbocycles. The Hall–Kier alpha value is -3.07. The summed E-state index contributed by atoms with van der Waals surface area (Å²) in [4.78, 5) is 24.4. The molecular formula is C22H22F2NO7P. The zero-order valence-corrected chi connectivity index (χ0v) is 18.8. The average molecular weight is 481 g/mol. The Kier molecular flexibility index (Phi) is 7.31. The minimum atomic E-state index is -4.86. The Labute approximate surface area is 188 Å². The summed E-state index contributed by atoms with van der Waals surface area (Å²) in [5.74, 6) is -1.45. The van der Waals surface area contributed by atoms with Gasteiger partial charge in [-0.1, -0.05) is 36.4 Å². The van der Waals surface area contributed by atoms with E-state index in [-0.39, 0.29) is 30.7 Å². The third-order valence-electron chi connectivity index (χ3n) is 4.70. The SMILES string of the molecule is CCOP(=O)(OCC)C(F)(F)c1ccc2c(c1)cc(C(=O)O)n2C(=O)OCc1ccccc1. The van der Waals surface area contributed by atoms with Crippen LogP contribution in [0, 0.1) is 0 Å². The van der Waals surface area contributed by atoms with Crippen molar-refractivity contribution in [2.75, 3.05) is 13.2 Å². The Morgan fingerprint density at radius 2 is 1.67 bits per heavy atom. The zero-order valence-electron chi connectivity index (χ0n) is 17.9. The van der Waals surface area contributed by atoms with Crippen molar-refractivity contribution < 1.29 is 41.8 Å². The molecule has 1 N–H and O–H groups in total. The summed E-state index contributed by atoms with van der Waals surface area (Å²) in [6.45, 7) is 2.18. The number of alkyl halides is 2. The highest BCUT2D eigenvalue weighted by Crippen LogP contribution is 2.66. The number of hydrogen-bond donors (Lipinski definition) is 1. The fourth-order valence-corrected chi connectivity index (χ4v) is 4.77. The molecule has 11 heteroatoms. The molecular weight excluding hydrogens is 459 g/mol. The molecule has 3 rings (SSSR count). The number of carbonyl (C=O) groups is 2. The molecule has 0 aliphatic rings. The molecule has 0 atom stereocenters. The zero-order chi connectivity index (χ0) is 24.2. The molecule has 33 heavy (non-hydrogen) atoms. The highest BCUT2D eigenvalue weighted by atomic mass is 31.2. The van der Waals surface area contributed by atoms with E-state index in [9.17, 15) is 19.3 Å². The molecule has 8 nitrogen and oxygen atoms in total.